The second-order valence-electron chi connectivity index (χ2n) is 9.43. The Morgan fingerprint density at radius 2 is 2.08 bits per heavy atom. The normalized spacial score (nSPS) is 19.3. The molecule has 3 aromatic heterocycles. The van der Waals surface area contributed by atoms with Gasteiger partial charge in [0.05, 0.1) is 34.2 Å². The predicted molar refractivity (Wildman–Crippen MR) is 137 cm³/mol. The van der Waals surface area contributed by atoms with E-state index in [1.165, 1.54) is 23.2 Å². The summed E-state index contributed by atoms with van der Waals surface area (Å²) in [7, 11) is 0. The maximum atomic E-state index is 15.3. The van der Waals surface area contributed by atoms with Crippen LogP contribution in [0.2, 0.25) is 5.02 Å². The highest BCUT2D eigenvalue weighted by molar-refractivity contribution is 6.31. The van der Waals surface area contributed by atoms with Crippen LogP contribution >= 0.6 is 11.6 Å². The molecule has 1 saturated heterocycles. The molecule has 2 aliphatic heterocycles. The number of nitrogen functional groups attached to an aromatic ring is 1. The number of halogens is 2. The molecule has 5 aromatic rings. The van der Waals surface area contributed by atoms with Gasteiger partial charge in [-0.05, 0) is 59.5 Å². The number of rotatable bonds is 4. The lowest BCUT2D eigenvalue weighted by molar-refractivity contribution is -0.129. The zero-order valence-electron chi connectivity index (χ0n) is 19.8. The highest BCUT2D eigenvalue weighted by atomic mass is 35.5. The number of nitrogens with two attached hydrogens (primary N) is 1. The molecule has 0 bridgehead atoms. The molecule has 1 amide bonds. The summed E-state index contributed by atoms with van der Waals surface area (Å²) < 4.78 is 16.7. The van der Waals surface area contributed by atoms with Crippen molar-refractivity contribution >= 4 is 39.8 Å². The zero-order valence-corrected chi connectivity index (χ0v) is 20.5. The largest absolute Gasteiger partial charge is 0.382 e. The van der Waals surface area contributed by atoms with E-state index < -0.39 is 5.82 Å². The molecule has 2 aliphatic rings. The summed E-state index contributed by atoms with van der Waals surface area (Å²) in [6.45, 7) is 0. The lowest BCUT2D eigenvalue weighted by Gasteiger charge is -2.33. The van der Waals surface area contributed by atoms with Gasteiger partial charge in [-0.1, -0.05) is 17.7 Å². The molecule has 0 radical (unpaired) electrons. The monoisotopic (exact) mass is 530 g/mol. The number of nitrogens with zero attached hydrogens (tertiary/aromatic N) is 7. The third-order valence-electron chi connectivity index (χ3n) is 7.31. The van der Waals surface area contributed by atoms with Gasteiger partial charge >= 0.3 is 0 Å². The third-order valence-corrected chi connectivity index (χ3v) is 7.61. The quantitative estimate of drug-likeness (QED) is 0.320. The van der Waals surface area contributed by atoms with E-state index in [4.69, 9.17) is 17.3 Å². The number of fused-ring (bicyclic) bond motifs is 2. The first-order valence-electron chi connectivity index (χ1n) is 12.0. The average molecular weight is 531 g/mol. The Balaban J connectivity index is 1.20. The molecule has 13 heteroatoms. The summed E-state index contributed by atoms with van der Waals surface area (Å²) in [4.78, 5) is 23.3. The molecule has 4 N–H and O–H groups in total. The number of aromatic nitrogens is 8. The molecule has 38 heavy (non-hydrogen) atoms. The van der Waals surface area contributed by atoms with E-state index in [0.29, 0.717) is 29.3 Å². The molecule has 7 rings (SSSR count). The average Bonchev–Trinajstić information content (AvgIpc) is 3.72. The van der Waals surface area contributed by atoms with Gasteiger partial charge in [0.25, 0.3) is 0 Å². The number of amides is 1. The minimum Gasteiger partial charge on any atom is -0.382 e. The Kier molecular flexibility index (Phi) is 5.05. The smallest absolute Gasteiger partial charge is 0.247 e. The van der Waals surface area contributed by atoms with Gasteiger partial charge in [0.15, 0.2) is 11.6 Å². The van der Waals surface area contributed by atoms with Gasteiger partial charge in [0.2, 0.25) is 5.91 Å². The van der Waals surface area contributed by atoms with Gasteiger partial charge in [0, 0.05) is 28.6 Å². The van der Waals surface area contributed by atoms with Crippen molar-refractivity contribution in [3.63, 3.8) is 0 Å². The van der Waals surface area contributed by atoms with Crippen molar-refractivity contribution in [3.05, 3.63) is 71.2 Å². The highest BCUT2D eigenvalue weighted by Crippen LogP contribution is 2.44. The van der Waals surface area contributed by atoms with Crippen molar-refractivity contribution in [1.29, 1.82) is 0 Å². The van der Waals surface area contributed by atoms with Gasteiger partial charge in [-0.2, -0.15) is 9.78 Å². The van der Waals surface area contributed by atoms with E-state index in [1.807, 2.05) is 23.1 Å². The van der Waals surface area contributed by atoms with Crippen molar-refractivity contribution in [2.45, 2.75) is 31.3 Å². The minimum absolute atomic E-state index is 0.0315. The molecule has 11 nitrogen and oxygen atoms in total. The number of tetrazole rings is 1. The van der Waals surface area contributed by atoms with E-state index >= 15 is 4.39 Å². The van der Waals surface area contributed by atoms with Crippen LogP contribution < -0.4 is 5.73 Å². The Morgan fingerprint density at radius 1 is 1.18 bits per heavy atom. The first kappa shape index (κ1) is 22.6. The number of hydrogen-bond acceptors (Lipinski definition) is 7. The van der Waals surface area contributed by atoms with Crippen LogP contribution in [-0.4, -0.2) is 57.2 Å². The standard InChI is InChI=1S/C25H20ClFN10O/c26-16-4-6-19(36-11-30-34-35-36)22(23(16)27)13-7-14-2-5-20(37(14)21(38)9-13)25-29-10-18(31-25)12-1-3-15-17(8-12)32-33-24(15)28/h1,3-4,6,8-11,14,20H,2,5,7H2,(H,29,31)(H3,28,32,33)/t14?,20-/m0/s1. The molecule has 2 atom stereocenters. The van der Waals surface area contributed by atoms with E-state index in [2.05, 4.69) is 35.7 Å². The summed E-state index contributed by atoms with van der Waals surface area (Å²) in [6.07, 6.45) is 6.59. The van der Waals surface area contributed by atoms with Gasteiger partial charge in [-0.25, -0.2) is 9.37 Å². The van der Waals surface area contributed by atoms with Crippen molar-refractivity contribution in [2.24, 2.45) is 0 Å². The van der Waals surface area contributed by atoms with Crippen LogP contribution in [0, 0.1) is 5.82 Å². The Labute approximate surface area is 219 Å². The molecule has 1 fully saturated rings. The molecule has 0 aliphatic carbocycles. The fraction of sp³-hybridized carbons (Fsp3) is 0.200. The fourth-order valence-electron chi connectivity index (χ4n) is 5.57. The fourth-order valence-corrected chi connectivity index (χ4v) is 5.72. The highest BCUT2D eigenvalue weighted by Gasteiger charge is 2.42. The van der Waals surface area contributed by atoms with Crippen molar-refractivity contribution in [2.75, 3.05) is 5.73 Å². The lowest BCUT2D eigenvalue weighted by Crippen LogP contribution is -2.39. The van der Waals surface area contributed by atoms with Crippen LogP contribution in [0.1, 0.15) is 36.7 Å². The van der Waals surface area contributed by atoms with Crippen molar-refractivity contribution in [1.82, 2.24) is 45.3 Å². The molecule has 0 spiro atoms. The predicted octanol–water partition coefficient (Wildman–Crippen LogP) is 3.82. The topological polar surface area (TPSA) is 147 Å². The van der Waals surface area contributed by atoms with E-state index in [0.717, 1.165) is 35.0 Å². The summed E-state index contributed by atoms with van der Waals surface area (Å²) in [5.41, 5.74) is 9.68. The Hall–Kier alpha value is -4.58. The number of nitrogens with one attached hydrogen (secondary N) is 2. The first-order chi connectivity index (χ1) is 18.5. The number of H-pyrrole nitrogens is 2. The van der Waals surface area contributed by atoms with Crippen molar-refractivity contribution < 1.29 is 9.18 Å². The zero-order chi connectivity index (χ0) is 26.0. The minimum atomic E-state index is -0.603. The molecule has 0 saturated carbocycles. The van der Waals surface area contributed by atoms with Gasteiger partial charge in [-0.15, -0.1) is 5.10 Å². The van der Waals surface area contributed by atoms with Crippen LogP contribution in [0.3, 0.4) is 0 Å². The number of carbonyl (C=O) groups is 1. The Morgan fingerprint density at radius 3 is 2.92 bits per heavy atom. The SMILES string of the molecule is Nc1n[nH]c2cc(-c3cnc([C@@H]4CCC5CC(c6c(-n7cnnn7)ccc(Cl)c6F)=CC(=O)N54)[nH]3)ccc12. The van der Waals surface area contributed by atoms with Crippen LogP contribution in [0.4, 0.5) is 10.2 Å². The summed E-state index contributed by atoms with van der Waals surface area (Å²) >= 11 is 6.12. The van der Waals surface area contributed by atoms with E-state index in [-0.39, 0.29) is 28.6 Å². The molecular weight excluding hydrogens is 511 g/mol. The summed E-state index contributed by atoms with van der Waals surface area (Å²) in [5, 5.41) is 19.0. The maximum absolute atomic E-state index is 15.3. The second-order valence-corrected chi connectivity index (χ2v) is 9.83. The van der Waals surface area contributed by atoms with Gasteiger partial charge in [0.1, 0.15) is 12.2 Å². The molecule has 190 valence electrons. The number of carbonyl (C=O) groups excluding carboxylic acids is 1. The number of aromatic amines is 2. The number of imidazole rings is 1. The van der Waals surface area contributed by atoms with Crippen molar-refractivity contribution in [3.8, 4) is 16.9 Å². The number of anilines is 1. The van der Waals surface area contributed by atoms with E-state index in [1.54, 1.807) is 12.3 Å². The van der Waals surface area contributed by atoms with Crippen LogP contribution in [0.15, 0.2) is 48.9 Å². The number of benzene rings is 2. The second kappa shape index (κ2) is 8.48. The van der Waals surface area contributed by atoms with Crippen LogP contribution in [0.5, 0.6) is 0 Å². The summed E-state index contributed by atoms with van der Waals surface area (Å²) in [6, 6.07) is 8.59. The maximum Gasteiger partial charge on any atom is 0.247 e. The Bertz CT molecular complexity index is 1740. The van der Waals surface area contributed by atoms with Crippen LogP contribution in [0.25, 0.3) is 33.4 Å². The molecule has 1 unspecified atom stereocenters. The summed E-state index contributed by atoms with van der Waals surface area (Å²) in [5.74, 6) is 0.356. The number of hydrogen-bond donors (Lipinski definition) is 3. The van der Waals surface area contributed by atoms with E-state index in [9.17, 15) is 4.79 Å². The van der Waals surface area contributed by atoms with Gasteiger partial charge < -0.3 is 15.6 Å². The first-order valence-corrected chi connectivity index (χ1v) is 12.4. The molecular formula is C25H20ClFN10O. The van der Waals surface area contributed by atoms with Gasteiger partial charge in [-0.3, -0.25) is 9.89 Å². The lowest BCUT2D eigenvalue weighted by atomic mass is 9.92. The van der Waals surface area contributed by atoms with Crippen LogP contribution in [-0.2, 0) is 4.79 Å². The third kappa shape index (κ3) is 3.48. The molecule has 5 heterocycles. The molecule has 2 aromatic carbocycles.